The molecular weight excluding hydrogens is 219 g/mol. The van der Waals surface area contributed by atoms with Crippen molar-refractivity contribution in [1.82, 2.24) is 0 Å². The maximum Gasteiger partial charge on any atom is 0.129 e. The van der Waals surface area contributed by atoms with Crippen molar-refractivity contribution < 1.29 is 4.39 Å². The van der Waals surface area contributed by atoms with Crippen LogP contribution in [0.3, 0.4) is 0 Å². The predicted octanol–water partition coefficient (Wildman–Crippen LogP) is 3.47. The highest BCUT2D eigenvalue weighted by Gasteiger charge is 2.10. The van der Waals surface area contributed by atoms with Crippen LogP contribution in [0.5, 0.6) is 0 Å². The van der Waals surface area contributed by atoms with Gasteiger partial charge in [0.25, 0.3) is 0 Å². The first-order valence-electron chi connectivity index (χ1n) is 3.80. The van der Waals surface area contributed by atoms with Gasteiger partial charge in [-0.3, -0.25) is 0 Å². The molecule has 0 bridgehead atoms. The van der Waals surface area contributed by atoms with E-state index in [1.54, 1.807) is 19.1 Å². The Kier molecular flexibility index (Phi) is 3.27. The van der Waals surface area contributed by atoms with Gasteiger partial charge < -0.3 is 0 Å². The Morgan fingerprint density at radius 2 is 2.17 bits per heavy atom. The summed E-state index contributed by atoms with van der Waals surface area (Å²) in [5, 5.41) is 0.716. The zero-order valence-corrected chi connectivity index (χ0v) is 8.78. The lowest BCUT2D eigenvalue weighted by Gasteiger charge is -2.09. The molecule has 0 saturated heterocycles. The zero-order chi connectivity index (χ0) is 9.14. The number of hydrogen-bond donors (Lipinski definition) is 0. The summed E-state index contributed by atoms with van der Waals surface area (Å²) in [6.45, 7) is 3.70. The first kappa shape index (κ1) is 9.72. The van der Waals surface area contributed by atoms with E-state index in [1.807, 2.05) is 13.0 Å². The van der Waals surface area contributed by atoms with E-state index in [2.05, 4.69) is 15.9 Å². The minimum atomic E-state index is -0.102. The van der Waals surface area contributed by atoms with Crippen LogP contribution in [0.1, 0.15) is 18.1 Å². The van der Waals surface area contributed by atoms with Crippen molar-refractivity contribution in [2.24, 2.45) is 0 Å². The van der Waals surface area contributed by atoms with Gasteiger partial charge in [-0.1, -0.05) is 41.1 Å². The number of benzene rings is 1. The number of rotatable bonds is 2. The van der Waals surface area contributed by atoms with Crippen LogP contribution in [0.25, 0.3) is 0 Å². The molecule has 0 heterocycles. The lowest BCUT2D eigenvalue weighted by atomic mass is 10.0. The average Bonchev–Trinajstić information content (AvgIpc) is 2.08. The third-order valence-electron chi connectivity index (χ3n) is 1.85. The highest BCUT2D eigenvalue weighted by Crippen LogP contribution is 2.21. The van der Waals surface area contributed by atoms with Gasteiger partial charge in [-0.15, -0.1) is 0 Å². The molecule has 1 aromatic rings. The fourth-order valence-corrected chi connectivity index (χ4v) is 1.35. The summed E-state index contributed by atoms with van der Waals surface area (Å²) >= 11 is 3.31. The number of hydrogen-bond acceptors (Lipinski definition) is 0. The van der Waals surface area contributed by atoms with E-state index < -0.39 is 0 Å². The van der Waals surface area contributed by atoms with Crippen LogP contribution in [0.4, 0.5) is 4.39 Å². The molecule has 0 atom stereocenters. The molecule has 0 nitrogen and oxygen atoms in total. The van der Waals surface area contributed by atoms with E-state index in [0.717, 1.165) is 5.92 Å². The van der Waals surface area contributed by atoms with Crippen molar-refractivity contribution in [3.63, 3.8) is 0 Å². The molecule has 2 heteroatoms. The molecular formula is C10H11BrF. The molecule has 0 N–H and O–H groups in total. The van der Waals surface area contributed by atoms with E-state index >= 15 is 0 Å². The Morgan fingerprint density at radius 1 is 1.50 bits per heavy atom. The Hall–Kier alpha value is -0.370. The Balaban J connectivity index is 3.07. The van der Waals surface area contributed by atoms with E-state index in [4.69, 9.17) is 0 Å². The van der Waals surface area contributed by atoms with Crippen LogP contribution in [0.2, 0.25) is 0 Å². The first-order chi connectivity index (χ1) is 5.66. The van der Waals surface area contributed by atoms with Crippen LogP contribution in [0, 0.1) is 18.7 Å². The van der Waals surface area contributed by atoms with Crippen LogP contribution in [-0.4, -0.2) is 5.33 Å². The molecule has 0 fully saturated rings. The zero-order valence-electron chi connectivity index (χ0n) is 7.20. The SMILES string of the molecule is C[C](CBr)c1cccc(C)c1F. The second kappa shape index (κ2) is 4.04. The Morgan fingerprint density at radius 3 is 2.75 bits per heavy atom. The van der Waals surface area contributed by atoms with Crippen molar-refractivity contribution in [3.05, 3.63) is 41.1 Å². The van der Waals surface area contributed by atoms with E-state index in [9.17, 15) is 4.39 Å². The van der Waals surface area contributed by atoms with Gasteiger partial charge in [0.2, 0.25) is 0 Å². The molecule has 0 aliphatic heterocycles. The van der Waals surface area contributed by atoms with E-state index in [0.29, 0.717) is 16.5 Å². The Bertz CT molecular complexity index is 271. The van der Waals surface area contributed by atoms with Crippen molar-refractivity contribution in [1.29, 1.82) is 0 Å². The van der Waals surface area contributed by atoms with Crippen molar-refractivity contribution in [2.45, 2.75) is 13.8 Å². The number of alkyl halides is 1. The quantitative estimate of drug-likeness (QED) is 0.682. The molecule has 0 aromatic heterocycles. The van der Waals surface area contributed by atoms with Gasteiger partial charge in [-0.2, -0.15) is 0 Å². The second-order valence-electron chi connectivity index (χ2n) is 2.85. The largest absolute Gasteiger partial charge is 0.206 e. The summed E-state index contributed by atoms with van der Waals surface area (Å²) in [5.74, 6) is 0.922. The van der Waals surface area contributed by atoms with Gasteiger partial charge >= 0.3 is 0 Å². The summed E-state index contributed by atoms with van der Waals surface area (Å²) in [6.07, 6.45) is 0. The van der Waals surface area contributed by atoms with E-state index in [1.165, 1.54) is 0 Å². The lowest BCUT2D eigenvalue weighted by Crippen LogP contribution is -2.00. The van der Waals surface area contributed by atoms with Crippen molar-refractivity contribution in [2.75, 3.05) is 5.33 Å². The molecule has 0 aliphatic carbocycles. The molecule has 0 aliphatic rings. The minimum Gasteiger partial charge on any atom is -0.206 e. The summed E-state index contributed by atoms with van der Waals surface area (Å²) in [7, 11) is 0. The van der Waals surface area contributed by atoms with E-state index in [-0.39, 0.29) is 5.82 Å². The minimum absolute atomic E-state index is 0.102. The smallest absolute Gasteiger partial charge is 0.129 e. The topological polar surface area (TPSA) is 0 Å². The highest BCUT2D eigenvalue weighted by atomic mass is 79.9. The van der Waals surface area contributed by atoms with Crippen LogP contribution >= 0.6 is 15.9 Å². The molecule has 1 aromatic carbocycles. The fourth-order valence-electron chi connectivity index (χ4n) is 1.05. The van der Waals surface area contributed by atoms with Gasteiger partial charge in [0.1, 0.15) is 5.82 Å². The van der Waals surface area contributed by atoms with Gasteiger partial charge in [-0.05, 0) is 18.1 Å². The fraction of sp³-hybridized carbons (Fsp3) is 0.300. The van der Waals surface area contributed by atoms with Crippen molar-refractivity contribution >= 4 is 15.9 Å². The molecule has 65 valence electrons. The van der Waals surface area contributed by atoms with Crippen LogP contribution < -0.4 is 0 Å². The summed E-state index contributed by atoms with van der Waals surface area (Å²) in [5.41, 5.74) is 1.42. The first-order valence-corrected chi connectivity index (χ1v) is 4.93. The monoisotopic (exact) mass is 229 g/mol. The molecule has 0 unspecified atom stereocenters. The summed E-state index contributed by atoms with van der Waals surface area (Å²) in [4.78, 5) is 0. The molecule has 0 saturated carbocycles. The summed E-state index contributed by atoms with van der Waals surface area (Å²) in [6, 6.07) is 5.46. The third kappa shape index (κ3) is 1.86. The molecule has 1 radical (unpaired) electrons. The molecule has 0 spiro atoms. The standard InChI is InChI=1S/C10H11BrF/c1-7-4-3-5-9(10(7)12)8(2)6-11/h3-5H,6H2,1-2H3. The predicted molar refractivity (Wildman–Crippen MR) is 53.0 cm³/mol. The second-order valence-corrected chi connectivity index (χ2v) is 3.41. The highest BCUT2D eigenvalue weighted by molar-refractivity contribution is 9.09. The van der Waals surface area contributed by atoms with Gasteiger partial charge in [-0.25, -0.2) is 4.39 Å². The number of halogens is 2. The normalized spacial score (nSPS) is 10.8. The lowest BCUT2D eigenvalue weighted by molar-refractivity contribution is 0.607. The van der Waals surface area contributed by atoms with Crippen molar-refractivity contribution in [3.8, 4) is 0 Å². The Labute approximate surface area is 80.9 Å². The van der Waals surface area contributed by atoms with Gasteiger partial charge in [0.05, 0.1) is 0 Å². The third-order valence-corrected chi connectivity index (χ3v) is 2.69. The number of aryl methyl sites for hydroxylation is 1. The average molecular weight is 230 g/mol. The molecule has 12 heavy (non-hydrogen) atoms. The maximum absolute atomic E-state index is 13.4. The van der Waals surface area contributed by atoms with Crippen LogP contribution in [0.15, 0.2) is 18.2 Å². The maximum atomic E-state index is 13.4. The van der Waals surface area contributed by atoms with Gasteiger partial charge in [0.15, 0.2) is 0 Å². The van der Waals surface area contributed by atoms with Crippen LogP contribution in [-0.2, 0) is 0 Å². The molecule has 0 amide bonds. The summed E-state index contributed by atoms with van der Waals surface area (Å²) < 4.78 is 13.4. The van der Waals surface area contributed by atoms with Gasteiger partial charge in [0, 0.05) is 11.2 Å². The molecule has 1 rings (SSSR count).